The lowest BCUT2D eigenvalue weighted by atomic mass is 10.1. The molecular weight excluding hydrogens is 240 g/mol. The number of esters is 1. The lowest BCUT2D eigenvalue weighted by molar-refractivity contribution is -0.143. The average molecular weight is 266 g/mol. The topological polar surface area (TPSA) is 35.5 Å². The second-order valence-electron chi connectivity index (χ2n) is 3.96. The van der Waals surface area contributed by atoms with Gasteiger partial charge in [0.2, 0.25) is 0 Å². The van der Waals surface area contributed by atoms with Crippen LogP contribution in [0.4, 0.5) is 0 Å². The van der Waals surface area contributed by atoms with Gasteiger partial charge in [0, 0.05) is 6.42 Å². The van der Waals surface area contributed by atoms with Crippen molar-refractivity contribution in [2.24, 2.45) is 0 Å². The molecule has 0 heterocycles. The molecule has 0 saturated heterocycles. The Morgan fingerprint density at radius 1 is 1.21 bits per heavy atom. The lowest BCUT2D eigenvalue weighted by Crippen LogP contribution is -2.07. The molecule has 0 spiro atoms. The van der Waals surface area contributed by atoms with Crippen molar-refractivity contribution in [1.82, 2.24) is 0 Å². The fourth-order valence-corrected chi connectivity index (χ4v) is 1.51. The van der Waals surface area contributed by atoms with Gasteiger partial charge in [-0.05, 0) is 44.4 Å². The first-order valence-electron chi connectivity index (χ1n) is 6.99. The highest BCUT2D eigenvalue weighted by molar-refractivity contribution is 5.69. The van der Waals surface area contributed by atoms with Crippen molar-refractivity contribution in [2.45, 2.75) is 47.5 Å². The first-order chi connectivity index (χ1) is 9.15. The van der Waals surface area contributed by atoms with Gasteiger partial charge in [-0.15, -0.1) is 0 Å². The van der Waals surface area contributed by atoms with Gasteiger partial charge in [-0.1, -0.05) is 26.0 Å². The molecule has 0 bridgehead atoms. The van der Waals surface area contributed by atoms with Crippen LogP contribution in [0.2, 0.25) is 0 Å². The summed E-state index contributed by atoms with van der Waals surface area (Å²) >= 11 is 0. The number of ether oxygens (including phenoxy) is 2. The van der Waals surface area contributed by atoms with E-state index in [1.165, 1.54) is 5.56 Å². The van der Waals surface area contributed by atoms with Crippen molar-refractivity contribution >= 4 is 5.97 Å². The third kappa shape index (κ3) is 6.85. The van der Waals surface area contributed by atoms with E-state index in [9.17, 15) is 4.79 Å². The van der Waals surface area contributed by atoms with E-state index in [0.717, 1.165) is 11.3 Å². The molecule has 0 radical (unpaired) electrons. The molecule has 1 rings (SSSR count). The van der Waals surface area contributed by atoms with E-state index in [1.54, 1.807) is 0 Å². The van der Waals surface area contributed by atoms with Crippen LogP contribution in [0.25, 0.3) is 0 Å². The summed E-state index contributed by atoms with van der Waals surface area (Å²) in [4.78, 5) is 11.1. The zero-order valence-electron chi connectivity index (χ0n) is 12.8. The summed E-state index contributed by atoms with van der Waals surface area (Å²) in [6, 6.07) is 5.98. The first kappa shape index (κ1) is 17.5. The Labute approximate surface area is 116 Å². The molecule has 108 valence electrons. The molecule has 1 aromatic carbocycles. The zero-order chi connectivity index (χ0) is 14.7. The van der Waals surface area contributed by atoms with Gasteiger partial charge in [0.05, 0.1) is 13.2 Å². The summed E-state index contributed by atoms with van der Waals surface area (Å²) in [6.45, 7) is 10.9. The van der Waals surface area contributed by atoms with E-state index in [2.05, 4.69) is 13.0 Å². The molecule has 0 saturated carbocycles. The van der Waals surface area contributed by atoms with Crippen LogP contribution in [0, 0.1) is 13.8 Å². The van der Waals surface area contributed by atoms with Crippen LogP contribution in [0.5, 0.6) is 5.75 Å². The summed E-state index contributed by atoms with van der Waals surface area (Å²) in [6.07, 6.45) is 1.10. The van der Waals surface area contributed by atoms with E-state index >= 15 is 0 Å². The smallest absolute Gasteiger partial charge is 0.305 e. The number of hydrogen-bond acceptors (Lipinski definition) is 3. The maximum Gasteiger partial charge on any atom is 0.305 e. The summed E-state index contributed by atoms with van der Waals surface area (Å²) in [5, 5.41) is 0. The Morgan fingerprint density at radius 3 is 2.53 bits per heavy atom. The number of hydrogen-bond donors (Lipinski definition) is 0. The molecule has 0 unspecified atom stereocenters. The minimum atomic E-state index is -0.155. The van der Waals surface area contributed by atoms with Crippen molar-refractivity contribution in [3.8, 4) is 5.75 Å². The Morgan fingerprint density at radius 2 is 1.89 bits per heavy atom. The normalized spacial score (nSPS) is 9.32. The van der Waals surface area contributed by atoms with E-state index < -0.39 is 0 Å². The summed E-state index contributed by atoms with van der Waals surface area (Å²) in [5.74, 6) is 0.742. The third-order valence-corrected chi connectivity index (χ3v) is 2.64. The quantitative estimate of drug-likeness (QED) is 0.575. The molecule has 0 atom stereocenters. The Balaban J connectivity index is 0.00000154. The van der Waals surface area contributed by atoms with Gasteiger partial charge in [0.15, 0.2) is 0 Å². The van der Waals surface area contributed by atoms with Crippen LogP contribution in [-0.4, -0.2) is 19.2 Å². The Hall–Kier alpha value is -1.51. The van der Waals surface area contributed by atoms with Crippen LogP contribution in [0.1, 0.15) is 44.7 Å². The van der Waals surface area contributed by atoms with Crippen molar-refractivity contribution in [3.63, 3.8) is 0 Å². The van der Waals surface area contributed by atoms with E-state index in [-0.39, 0.29) is 5.97 Å². The molecule has 0 amide bonds. The highest BCUT2D eigenvalue weighted by atomic mass is 16.5. The van der Waals surface area contributed by atoms with Crippen LogP contribution in [0.15, 0.2) is 18.2 Å². The minimum Gasteiger partial charge on any atom is -0.493 e. The second kappa shape index (κ2) is 10.4. The van der Waals surface area contributed by atoms with Gasteiger partial charge in [-0.3, -0.25) is 4.79 Å². The fraction of sp³-hybridized carbons (Fsp3) is 0.562. The maximum atomic E-state index is 11.1. The van der Waals surface area contributed by atoms with Crippen molar-refractivity contribution in [3.05, 3.63) is 29.3 Å². The van der Waals surface area contributed by atoms with Gasteiger partial charge in [-0.2, -0.15) is 0 Å². The Kier molecular flexibility index (Phi) is 9.59. The molecule has 19 heavy (non-hydrogen) atoms. The number of rotatable bonds is 6. The van der Waals surface area contributed by atoms with Gasteiger partial charge < -0.3 is 9.47 Å². The van der Waals surface area contributed by atoms with E-state index in [0.29, 0.717) is 26.1 Å². The van der Waals surface area contributed by atoms with Crippen molar-refractivity contribution < 1.29 is 14.3 Å². The number of carbonyl (C=O) groups excluding carboxylic acids is 1. The highest BCUT2D eigenvalue weighted by Crippen LogP contribution is 2.20. The summed E-state index contributed by atoms with van der Waals surface area (Å²) in [7, 11) is 0. The maximum absolute atomic E-state index is 11.1. The van der Waals surface area contributed by atoms with Gasteiger partial charge >= 0.3 is 5.97 Å². The molecule has 0 N–H and O–H groups in total. The largest absolute Gasteiger partial charge is 0.493 e. The van der Waals surface area contributed by atoms with Gasteiger partial charge in [0.1, 0.15) is 5.75 Å². The molecule has 0 aromatic heterocycles. The highest BCUT2D eigenvalue weighted by Gasteiger charge is 2.03. The SMILES string of the molecule is CC.CCOC(=O)CCCOc1cccc(C)c1C. The number of benzene rings is 1. The van der Waals surface area contributed by atoms with Crippen LogP contribution < -0.4 is 4.74 Å². The van der Waals surface area contributed by atoms with Gasteiger partial charge in [0.25, 0.3) is 0 Å². The Bertz CT molecular complexity index is 372. The number of aryl methyl sites for hydroxylation is 1. The second-order valence-corrected chi connectivity index (χ2v) is 3.96. The average Bonchev–Trinajstić information content (AvgIpc) is 2.42. The molecule has 0 aliphatic rings. The molecule has 3 nitrogen and oxygen atoms in total. The minimum absolute atomic E-state index is 0.155. The van der Waals surface area contributed by atoms with E-state index in [1.807, 2.05) is 39.8 Å². The first-order valence-corrected chi connectivity index (χ1v) is 6.99. The lowest BCUT2D eigenvalue weighted by Gasteiger charge is -2.10. The standard InChI is InChI=1S/C14H20O3.C2H6/c1-4-16-14(15)9-6-10-17-13-8-5-7-11(2)12(13)3;1-2/h5,7-8H,4,6,9-10H2,1-3H3;1-2H3. The fourth-order valence-electron chi connectivity index (χ4n) is 1.51. The number of carbonyl (C=O) groups is 1. The molecule has 0 fully saturated rings. The molecular formula is C16H26O3. The van der Waals surface area contributed by atoms with E-state index in [4.69, 9.17) is 9.47 Å². The monoisotopic (exact) mass is 266 g/mol. The molecule has 3 heteroatoms. The summed E-state index contributed by atoms with van der Waals surface area (Å²) < 4.78 is 10.5. The van der Waals surface area contributed by atoms with Crippen LogP contribution >= 0.6 is 0 Å². The van der Waals surface area contributed by atoms with Crippen LogP contribution in [0.3, 0.4) is 0 Å². The molecule has 0 aliphatic heterocycles. The van der Waals surface area contributed by atoms with Crippen molar-refractivity contribution in [2.75, 3.05) is 13.2 Å². The molecule has 0 aliphatic carbocycles. The van der Waals surface area contributed by atoms with Crippen LogP contribution in [-0.2, 0) is 9.53 Å². The third-order valence-electron chi connectivity index (χ3n) is 2.64. The van der Waals surface area contributed by atoms with Crippen molar-refractivity contribution in [1.29, 1.82) is 0 Å². The van der Waals surface area contributed by atoms with Gasteiger partial charge in [-0.25, -0.2) is 0 Å². The predicted molar refractivity (Wildman–Crippen MR) is 78.6 cm³/mol. The molecule has 1 aromatic rings. The zero-order valence-corrected chi connectivity index (χ0v) is 12.8. The predicted octanol–water partition coefficient (Wildman–Crippen LogP) is 4.05. The summed E-state index contributed by atoms with van der Waals surface area (Å²) in [5.41, 5.74) is 2.37.